The molecule has 1 aromatic rings. The first kappa shape index (κ1) is 18.1. The number of hydrogen-bond acceptors (Lipinski definition) is 6. The van der Waals surface area contributed by atoms with Crippen molar-refractivity contribution in [2.75, 3.05) is 25.0 Å². The maximum Gasteiger partial charge on any atom is 0.264 e. The van der Waals surface area contributed by atoms with Gasteiger partial charge in [0, 0.05) is 18.7 Å². The maximum atomic E-state index is 12.9. The summed E-state index contributed by atoms with van der Waals surface area (Å²) < 4.78 is 0. The van der Waals surface area contributed by atoms with Crippen molar-refractivity contribution in [2.24, 2.45) is 0 Å². The number of fused-ring (bicyclic) bond motifs is 1. The zero-order chi connectivity index (χ0) is 18.7. The molecule has 8 nitrogen and oxygen atoms in total. The minimum atomic E-state index is -0.943. The van der Waals surface area contributed by atoms with Crippen molar-refractivity contribution in [2.45, 2.75) is 32.2 Å². The summed E-state index contributed by atoms with van der Waals surface area (Å²) in [6, 6.07) is 4.11. The van der Waals surface area contributed by atoms with Crippen LogP contribution in [-0.2, 0) is 9.59 Å². The molecule has 138 valence electrons. The SMILES string of the molecule is CCNCCCNc1cccc2c1C(=O)N(C1CCC(=O)NC1=O)C2=O. The number of nitrogens with one attached hydrogen (secondary N) is 3. The van der Waals surface area contributed by atoms with Crippen molar-refractivity contribution in [3.05, 3.63) is 29.3 Å². The Hall–Kier alpha value is -2.74. The lowest BCUT2D eigenvalue weighted by atomic mass is 10.0. The number of hydrogen-bond donors (Lipinski definition) is 3. The molecular formula is C18H22N4O4. The number of rotatable bonds is 7. The molecule has 4 amide bonds. The molecule has 8 heteroatoms. The number of amides is 4. The van der Waals surface area contributed by atoms with Crippen LogP contribution in [0.25, 0.3) is 0 Å². The lowest BCUT2D eigenvalue weighted by Crippen LogP contribution is -2.54. The lowest BCUT2D eigenvalue weighted by Gasteiger charge is -2.27. The van der Waals surface area contributed by atoms with E-state index in [0.29, 0.717) is 17.8 Å². The van der Waals surface area contributed by atoms with E-state index in [1.54, 1.807) is 18.2 Å². The summed E-state index contributed by atoms with van der Waals surface area (Å²) in [6.07, 6.45) is 1.14. The molecule has 1 fully saturated rings. The predicted octanol–water partition coefficient (Wildman–Crippen LogP) is 0.499. The molecule has 0 aromatic heterocycles. The standard InChI is InChI=1S/C18H22N4O4/c1-2-19-9-4-10-20-12-6-3-5-11-15(12)18(26)22(17(11)25)13-7-8-14(23)21-16(13)24/h3,5-6,13,19-20H,2,4,7-10H2,1H3,(H,21,23,24). The number of piperidine rings is 1. The summed E-state index contributed by atoms with van der Waals surface area (Å²) in [6.45, 7) is 4.44. The van der Waals surface area contributed by atoms with Crippen LogP contribution in [0.4, 0.5) is 5.69 Å². The van der Waals surface area contributed by atoms with Crippen LogP contribution >= 0.6 is 0 Å². The number of carbonyl (C=O) groups excluding carboxylic acids is 4. The average molecular weight is 358 g/mol. The fourth-order valence-electron chi connectivity index (χ4n) is 3.28. The summed E-state index contributed by atoms with van der Waals surface area (Å²) in [5.74, 6) is -1.97. The number of nitrogens with zero attached hydrogens (tertiary/aromatic N) is 1. The summed E-state index contributed by atoms with van der Waals surface area (Å²) in [7, 11) is 0. The van der Waals surface area contributed by atoms with Gasteiger partial charge < -0.3 is 10.6 Å². The van der Waals surface area contributed by atoms with Gasteiger partial charge in [0.15, 0.2) is 0 Å². The van der Waals surface area contributed by atoms with Crippen molar-refractivity contribution in [1.82, 2.24) is 15.5 Å². The Labute approximate surface area is 151 Å². The van der Waals surface area contributed by atoms with Gasteiger partial charge in [-0.15, -0.1) is 0 Å². The lowest BCUT2D eigenvalue weighted by molar-refractivity contribution is -0.136. The van der Waals surface area contributed by atoms with Crippen molar-refractivity contribution in [3.63, 3.8) is 0 Å². The summed E-state index contributed by atoms with van der Waals surface area (Å²) in [5, 5.41) is 8.62. The normalized spacial score (nSPS) is 19.6. The Morgan fingerprint density at radius 1 is 1.15 bits per heavy atom. The van der Waals surface area contributed by atoms with E-state index in [1.807, 2.05) is 6.92 Å². The molecule has 0 spiro atoms. The Balaban J connectivity index is 1.78. The molecule has 0 radical (unpaired) electrons. The van der Waals surface area contributed by atoms with Gasteiger partial charge in [0.2, 0.25) is 11.8 Å². The van der Waals surface area contributed by atoms with E-state index in [9.17, 15) is 19.2 Å². The molecular weight excluding hydrogens is 336 g/mol. The van der Waals surface area contributed by atoms with E-state index in [0.717, 1.165) is 24.4 Å². The Bertz CT molecular complexity index is 762. The first-order chi connectivity index (χ1) is 12.5. The minimum Gasteiger partial charge on any atom is -0.384 e. The van der Waals surface area contributed by atoms with E-state index < -0.39 is 23.8 Å². The third kappa shape index (κ3) is 3.32. The number of anilines is 1. The molecule has 1 unspecified atom stereocenters. The Kier molecular flexibility index (Phi) is 5.32. The van der Waals surface area contributed by atoms with Crippen LogP contribution in [0.1, 0.15) is 46.9 Å². The molecule has 2 heterocycles. The highest BCUT2D eigenvalue weighted by Crippen LogP contribution is 2.32. The van der Waals surface area contributed by atoms with Crippen molar-refractivity contribution in [3.8, 4) is 0 Å². The van der Waals surface area contributed by atoms with Gasteiger partial charge in [-0.2, -0.15) is 0 Å². The molecule has 1 atom stereocenters. The second-order valence-corrected chi connectivity index (χ2v) is 6.31. The highest BCUT2D eigenvalue weighted by Gasteiger charge is 2.45. The van der Waals surface area contributed by atoms with Gasteiger partial charge in [0.1, 0.15) is 6.04 Å². The quantitative estimate of drug-likeness (QED) is 0.484. The molecule has 0 aliphatic carbocycles. The van der Waals surface area contributed by atoms with Gasteiger partial charge in [0.25, 0.3) is 11.8 Å². The highest BCUT2D eigenvalue weighted by atomic mass is 16.2. The zero-order valence-corrected chi connectivity index (χ0v) is 14.6. The van der Waals surface area contributed by atoms with Crippen molar-refractivity contribution in [1.29, 1.82) is 0 Å². The van der Waals surface area contributed by atoms with E-state index in [2.05, 4.69) is 16.0 Å². The van der Waals surface area contributed by atoms with Crippen LogP contribution in [0.2, 0.25) is 0 Å². The van der Waals surface area contributed by atoms with Gasteiger partial charge in [-0.25, -0.2) is 0 Å². The first-order valence-electron chi connectivity index (χ1n) is 8.83. The van der Waals surface area contributed by atoms with E-state index >= 15 is 0 Å². The second-order valence-electron chi connectivity index (χ2n) is 6.31. The minimum absolute atomic E-state index is 0.110. The average Bonchev–Trinajstić information content (AvgIpc) is 2.87. The number of benzene rings is 1. The van der Waals surface area contributed by atoms with Gasteiger partial charge in [-0.05, 0) is 38.1 Å². The van der Waals surface area contributed by atoms with Crippen LogP contribution < -0.4 is 16.0 Å². The van der Waals surface area contributed by atoms with Gasteiger partial charge >= 0.3 is 0 Å². The van der Waals surface area contributed by atoms with Crippen LogP contribution in [-0.4, -0.2) is 54.2 Å². The van der Waals surface area contributed by atoms with Gasteiger partial charge in [0.05, 0.1) is 11.1 Å². The van der Waals surface area contributed by atoms with Gasteiger partial charge in [-0.1, -0.05) is 13.0 Å². The zero-order valence-electron chi connectivity index (χ0n) is 14.6. The summed E-state index contributed by atoms with van der Waals surface area (Å²) >= 11 is 0. The molecule has 1 saturated heterocycles. The van der Waals surface area contributed by atoms with Crippen LogP contribution in [0.15, 0.2) is 18.2 Å². The molecule has 0 saturated carbocycles. The Morgan fingerprint density at radius 3 is 2.69 bits per heavy atom. The largest absolute Gasteiger partial charge is 0.384 e. The molecule has 1 aromatic carbocycles. The smallest absolute Gasteiger partial charge is 0.264 e. The molecule has 2 aliphatic rings. The summed E-state index contributed by atoms with van der Waals surface area (Å²) in [4.78, 5) is 50.0. The van der Waals surface area contributed by atoms with Crippen molar-refractivity contribution < 1.29 is 19.2 Å². The third-order valence-corrected chi connectivity index (χ3v) is 4.56. The monoisotopic (exact) mass is 358 g/mol. The van der Waals surface area contributed by atoms with E-state index in [-0.39, 0.29) is 24.3 Å². The Morgan fingerprint density at radius 2 is 1.96 bits per heavy atom. The first-order valence-corrected chi connectivity index (χ1v) is 8.83. The second kappa shape index (κ2) is 7.65. The fraction of sp³-hybridized carbons (Fsp3) is 0.444. The molecule has 3 rings (SSSR count). The van der Waals surface area contributed by atoms with Crippen LogP contribution in [0.5, 0.6) is 0 Å². The molecule has 3 N–H and O–H groups in total. The van der Waals surface area contributed by atoms with E-state index in [4.69, 9.17) is 0 Å². The predicted molar refractivity (Wildman–Crippen MR) is 94.8 cm³/mol. The third-order valence-electron chi connectivity index (χ3n) is 4.56. The van der Waals surface area contributed by atoms with Crippen LogP contribution in [0.3, 0.4) is 0 Å². The highest BCUT2D eigenvalue weighted by molar-refractivity contribution is 6.25. The molecule has 0 bridgehead atoms. The summed E-state index contributed by atoms with van der Waals surface area (Å²) in [5.41, 5.74) is 1.18. The van der Waals surface area contributed by atoms with Crippen LogP contribution in [0, 0.1) is 0 Å². The molecule has 26 heavy (non-hydrogen) atoms. The maximum absolute atomic E-state index is 12.9. The topological polar surface area (TPSA) is 108 Å². The van der Waals surface area contributed by atoms with Crippen molar-refractivity contribution >= 4 is 29.3 Å². The van der Waals surface area contributed by atoms with Gasteiger partial charge in [-0.3, -0.25) is 29.4 Å². The number of imide groups is 2. The molecule has 2 aliphatic heterocycles. The fourth-order valence-corrected chi connectivity index (χ4v) is 3.28. The van der Waals surface area contributed by atoms with E-state index in [1.165, 1.54) is 0 Å². The number of carbonyl (C=O) groups is 4.